The number of rotatable bonds is 6. The molecule has 1 rings (SSSR count). The molecule has 1 aromatic rings. The molecule has 116 valence electrons. The SMILES string of the molecule is CC(C)NC(=O)CN(C)S(=O)(=O)/C=C/c1ccc(Cl)cc1. The van der Waals surface area contributed by atoms with Gasteiger partial charge in [0.15, 0.2) is 0 Å². The lowest BCUT2D eigenvalue weighted by Gasteiger charge is -2.15. The van der Waals surface area contributed by atoms with Crippen LogP contribution in [0.15, 0.2) is 29.7 Å². The molecule has 0 aliphatic carbocycles. The van der Waals surface area contributed by atoms with Gasteiger partial charge in [0.25, 0.3) is 0 Å². The van der Waals surface area contributed by atoms with Crippen molar-refractivity contribution in [3.63, 3.8) is 0 Å². The van der Waals surface area contributed by atoms with Crippen LogP contribution in [0.4, 0.5) is 0 Å². The van der Waals surface area contributed by atoms with Crippen LogP contribution >= 0.6 is 11.6 Å². The van der Waals surface area contributed by atoms with Crippen LogP contribution in [0, 0.1) is 0 Å². The largest absolute Gasteiger partial charge is 0.353 e. The van der Waals surface area contributed by atoms with E-state index in [1.54, 1.807) is 24.3 Å². The topological polar surface area (TPSA) is 66.5 Å². The zero-order valence-electron chi connectivity index (χ0n) is 12.2. The molecule has 0 unspecified atom stereocenters. The lowest BCUT2D eigenvalue weighted by molar-refractivity contribution is -0.121. The van der Waals surface area contributed by atoms with Crippen molar-refractivity contribution in [2.45, 2.75) is 19.9 Å². The maximum Gasteiger partial charge on any atom is 0.236 e. The number of nitrogens with one attached hydrogen (secondary N) is 1. The van der Waals surface area contributed by atoms with Crippen molar-refractivity contribution in [1.82, 2.24) is 9.62 Å². The molecule has 0 fully saturated rings. The predicted molar refractivity (Wildman–Crippen MR) is 85.3 cm³/mol. The Morgan fingerprint density at radius 3 is 2.43 bits per heavy atom. The summed E-state index contributed by atoms with van der Waals surface area (Å²) < 4.78 is 25.0. The minimum Gasteiger partial charge on any atom is -0.353 e. The van der Waals surface area contributed by atoms with Gasteiger partial charge >= 0.3 is 0 Å². The first-order valence-electron chi connectivity index (χ1n) is 6.40. The monoisotopic (exact) mass is 330 g/mol. The number of amides is 1. The quantitative estimate of drug-likeness (QED) is 0.868. The fraction of sp³-hybridized carbons (Fsp3) is 0.357. The van der Waals surface area contributed by atoms with Crippen molar-refractivity contribution < 1.29 is 13.2 Å². The Balaban J connectivity index is 2.71. The molecule has 1 aromatic carbocycles. The van der Waals surface area contributed by atoms with Crippen molar-refractivity contribution in [3.8, 4) is 0 Å². The minimum absolute atomic E-state index is 0.0294. The second kappa shape index (κ2) is 7.59. The molecule has 0 radical (unpaired) electrons. The average molecular weight is 331 g/mol. The van der Waals surface area contributed by atoms with Crippen LogP contribution < -0.4 is 5.32 Å². The first-order chi connectivity index (χ1) is 9.70. The molecule has 0 spiro atoms. The van der Waals surface area contributed by atoms with E-state index in [4.69, 9.17) is 11.6 Å². The van der Waals surface area contributed by atoms with E-state index in [0.29, 0.717) is 10.6 Å². The summed E-state index contributed by atoms with van der Waals surface area (Å²) in [4.78, 5) is 11.6. The summed E-state index contributed by atoms with van der Waals surface area (Å²) in [6, 6.07) is 6.74. The molecule has 5 nitrogen and oxygen atoms in total. The standard InChI is InChI=1S/C14H19ClN2O3S/c1-11(2)16-14(18)10-17(3)21(19,20)9-8-12-4-6-13(15)7-5-12/h4-9,11H,10H2,1-3H3,(H,16,18)/b9-8+. The normalized spacial score (nSPS) is 12.3. The molecule has 0 aliphatic rings. The van der Waals surface area contributed by atoms with Crippen LogP contribution in [0.25, 0.3) is 6.08 Å². The molecule has 1 amide bonds. The minimum atomic E-state index is -3.64. The molecule has 0 saturated heterocycles. The van der Waals surface area contributed by atoms with Crippen molar-refractivity contribution in [1.29, 1.82) is 0 Å². The molecular formula is C14H19ClN2O3S. The Kier molecular flexibility index (Phi) is 6.39. The molecule has 0 aromatic heterocycles. The zero-order valence-corrected chi connectivity index (χ0v) is 13.8. The maximum atomic E-state index is 12.0. The summed E-state index contributed by atoms with van der Waals surface area (Å²) in [5.74, 6) is -0.337. The van der Waals surface area contributed by atoms with Crippen molar-refractivity contribution in [2.75, 3.05) is 13.6 Å². The Hall–Kier alpha value is -1.37. The molecule has 0 heterocycles. The number of hydrogen-bond acceptors (Lipinski definition) is 3. The van der Waals surface area contributed by atoms with Crippen LogP contribution in [0.1, 0.15) is 19.4 Å². The molecule has 7 heteroatoms. The Morgan fingerprint density at radius 2 is 1.90 bits per heavy atom. The van der Waals surface area contributed by atoms with Crippen LogP contribution in [-0.4, -0.2) is 38.3 Å². The van der Waals surface area contributed by atoms with Gasteiger partial charge in [0.2, 0.25) is 15.9 Å². The zero-order chi connectivity index (χ0) is 16.0. The van der Waals surface area contributed by atoms with Crippen LogP contribution in [0.5, 0.6) is 0 Å². The van der Waals surface area contributed by atoms with E-state index in [2.05, 4.69) is 5.32 Å². The first kappa shape index (κ1) is 17.7. The predicted octanol–water partition coefficient (Wildman–Crippen LogP) is 2.10. The first-order valence-corrected chi connectivity index (χ1v) is 8.28. The second-order valence-electron chi connectivity index (χ2n) is 4.88. The molecule has 0 atom stereocenters. The van der Waals surface area contributed by atoms with E-state index in [1.165, 1.54) is 13.1 Å². The number of carbonyl (C=O) groups excluding carboxylic acids is 1. The lowest BCUT2D eigenvalue weighted by atomic mass is 10.2. The second-order valence-corrected chi connectivity index (χ2v) is 7.24. The van der Waals surface area contributed by atoms with E-state index in [1.807, 2.05) is 13.8 Å². The van der Waals surface area contributed by atoms with E-state index >= 15 is 0 Å². The smallest absolute Gasteiger partial charge is 0.236 e. The van der Waals surface area contributed by atoms with Crippen molar-refractivity contribution in [2.24, 2.45) is 0 Å². The number of sulfonamides is 1. The Labute approximate surface area is 130 Å². The summed E-state index contributed by atoms with van der Waals surface area (Å²) >= 11 is 5.76. The van der Waals surface area contributed by atoms with Gasteiger partial charge < -0.3 is 5.32 Å². The fourth-order valence-electron chi connectivity index (χ4n) is 1.50. The summed E-state index contributed by atoms with van der Waals surface area (Å²) in [7, 11) is -2.28. The van der Waals surface area contributed by atoms with Gasteiger partial charge in [-0.15, -0.1) is 0 Å². The number of nitrogens with zero attached hydrogens (tertiary/aromatic N) is 1. The summed E-state index contributed by atoms with van der Waals surface area (Å²) in [6.07, 6.45) is 1.46. The van der Waals surface area contributed by atoms with Gasteiger partial charge in [0.1, 0.15) is 0 Å². The fourth-order valence-corrected chi connectivity index (χ4v) is 2.46. The third kappa shape index (κ3) is 6.29. The number of halogens is 1. The molecule has 21 heavy (non-hydrogen) atoms. The number of carbonyl (C=O) groups is 1. The van der Waals surface area contributed by atoms with Gasteiger partial charge in [0.05, 0.1) is 6.54 Å². The van der Waals surface area contributed by atoms with E-state index in [9.17, 15) is 13.2 Å². The van der Waals surface area contributed by atoms with Crippen molar-refractivity contribution >= 4 is 33.6 Å². The highest BCUT2D eigenvalue weighted by atomic mass is 35.5. The Morgan fingerprint density at radius 1 is 1.33 bits per heavy atom. The maximum absolute atomic E-state index is 12.0. The summed E-state index contributed by atoms with van der Waals surface area (Å²) in [6.45, 7) is 3.41. The van der Waals surface area contributed by atoms with Gasteiger partial charge in [-0.2, -0.15) is 4.31 Å². The molecule has 0 bridgehead atoms. The van der Waals surface area contributed by atoms with Gasteiger partial charge in [-0.1, -0.05) is 23.7 Å². The van der Waals surface area contributed by atoms with Crippen LogP contribution in [-0.2, 0) is 14.8 Å². The number of benzene rings is 1. The summed E-state index contributed by atoms with van der Waals surface area (Å²) in [5, 5.41) is 4.29. The van der Waals surface area contributed by atoms with E-state index < -0.39 is 10.0 Å². The van der Waals surface area contributed by atoms with Gasteiger partial charge in [-0.25, -0.2) is 8.42 Å². The highest BCUT2D eigenvalue weighted by Gasteiger charge is 2.17. The van der Waals surface area contributed by atoms with E-state index in [0.717, 1.165) is 9.71 Å². The summed E-state index contributed by atoms with van der Waals surface area (Å²) in [5.41, 5.74) is 0.711. The van der Waals surface area contributed by atoms with Gasteiger partial charge in [-0.3, -0.25) is 4.79 Å². The van der Waals surface area contributed by atoms with Gasteiger partial charge in [0, 0.05) is 23.5 Å². The number of likely N-dealkylation sites (N-methyl/N-ethyl adjacent to an activating group) is 1. The molecule has 0 aliphatic heterocycles. The number of hydrogen-bond donors (Lipinski definition) is 1. The third-order valence-electron chi connectivity index (χ3n) is 2.55. The highest BCUT2D eigenvalue weighted by Crippen LogP contribution is 2.12. The third-order valence-corrected chi connectivity index (χ3v) is 4.28. The van der Waals surface area contributed by atoms with E-state index in [-0.39, 0.29) is 18.5 Å². The molecule has 1 N–H and O–H groups in total. The molecule has 0 saturated carbocycles. The highest BCUT2D eigenvalue weighted by molar-refractivity contribution is 7.92. The Bertz CT molecular complexity index is 610. The van der Waals surface area contributed by atoms with Crippen LogP contribution in [0.3, 0.4) is 0 Å². The average Bonchev–Trinajstić information content (AvgIpc) is 2.37. The lowest BCUT2D eigenvalue weighted by Crippen LogP contribution is -2.40. The van der Waals surface area contributed by atoms with Crippen molar-refractivity contribution in [3.05, 3.63) is 40.3 Å². The molecular weight excluding hydrogens is 312 g/mol. The van der Waals surface area contributed by atoms with Gasteiger partial charge in [-0.05, 0) is 37.6 Å². The van der Waals surface area contributed by atoms with Crippen LogP contribution in [0.2, 0.25) is 5.02 Å².